The van der Waals surface area contributed by atoms with Gasteiger partial charge in [0.1, 0.15) is 5.30 Å². The second kappa shape index (κ2) is 5.35. The number of hydrogen-bond acceptors (Lipinski definition) is 4. The molecule has 1 heterocycles. The molecule has 84 valence electrons. The largest absolute Gasteiger partial charge is 0.364 e. The zero-order chi connectivity index (χ0) is 11.3. The SMILES string of the molecule is CCOP(=O)(OCC)c1ccncc1F. The van der Waals surface area contributed by atoms with Gasteiger partial charge >= 0.3 is 7.60 Å². The van der Waals surface area contributed by atoms with Gasteiger partial charge in [-0.05, 0) is 19.9 Å². The molecule has 0 aromatic carbocycles. The van der Waals surface area contributed by atoms with E-state index >= 15 is 0 Å². The van der Waals surface area contributed by atoms with Gasteiger partial charge in [0.2, 0.25) is 0 Å². The zero-order valence-electron chi connectivity index (χ0n) is 8.64. The average molecular weight is 233 g/mol. The van der Waals surface area contributed by atoms with Crippen LogP contribution in [0.2, 0.25) is 0 Å². The summed E-state index contributed by atoms with van der Waals surface area (Å²) in [4.78, 5) is 3.57. The second-order valence-corrected chi connectivity index (χ2v) is 4.65. The third-order valence-corrected chi connectivity index (χ3v) is 3.79. The smallest absolute Gasteiger partial charge is 0.305 e. The van der Waals surface area contributed by atoms with Gasteiger partial charge in [0.05, 0.1) is 19.4 Å². The van der Waals surface area contributed by atoms with Gasteiger partial charge in [-0.25, -0.2) is 4.39 Å². The van der Waals surface area contributed by atoms with E-state index in [1.807, 2.05) is 0 Å². The molecule has 0 fully saturated rings. The Hall–Kier alpha value is -0.770. The molecule has 0 amide bonds. The molecule has 6 heteroatoms. The van der Waals surface area contributed by atoms with Gasteiger partial charge in [-0.2, -0.15) is 0 Å². The quantitative estimate of drug-likeness (QED) is 0.731. The summed E-state index contributed by atoms with van der Waals surface area (Å²) in [6.45, 7) is 3.73. The van der Waals surface area contributed by atoms with E-state index in [0.717, 1.165) is 6.20 Å². The van der Waals surface area contributed by atoms with Crippen molar-refractivity contribution in [1.29, 1.82) is 0 Å². The number of aromatic nitrogens is 1. The standard InChI is InChI=1S/C9H13FNO3P/c1-3-13-15(12,14-4-2)9-5-6-11-7-8(9)10/h5-7H,3-4H2,1-2H3. The molecule has 4 nitrogen and oxygen atoms in total. The molecule has 1 aromatic rings. The van der Waals surface area contributed by atoms with Crippen LogP contribution in [0.4, 0.5) is 4.39 Å². The molecule has 0 saturated carbocycles. The molecule has 0 aliphatic heterocycles. The first-order chi connectivity index (χ1) is 7.14. The van der Waals surface area contributed by atoms with Crippen molar-refractivity contribution in [1.82, 2.24) is 4.98 Å². The molecular formula is C9H13FNO3P. The summed E-state index contributed by atoms with van der Waals surface area (Å²) >= 11 is 0. The summed E-state index contributed by atoms with van der Waals surface area (Å²) in [5, 5.41) is -0.0683. The third kappa shape index (κ3) is 2.84. The summed E-state index contributed by atoms with van der Waals surface area (Å²) in [5.74, 6) is -0.678. The Labute approximate surface area is 88.0 Å². The summed E-state index contributed by atoms with van der Waals surface area (Å²) in [7, 11) is -3.52. The van der Waals surface area contributed by atoms with Gasteiger partial charge in [-0.15, -0.1) is 0 Å². The molecule has 0 aliphatic carbocycles. The van der Waals surface area contributed by atoms with E-state index in [0.29, 0.717) is 0 Å². The Morgan fingerprint density at radius 2 is 2.00 bits per heavy atom. The molecule has 0 radical (unpaired) electrons. The minimum Gasteiger partial charge on any atom is -0.305 e. The highest BCUT2D eigenvalue weighted by atomic mass is 31.2. The van der Waals surface area contributed by atoms with Crippen molar-refractivity contribution >= 4 is 12.9 Å². The van der Waals surface area contributed by atoms with Crippen LogP contribution >= 0.6 is 7.60 Å². The molecule has 0 bridgehead atoms. The number of hydrogen-bond donors (Lipinski definition) is 0. The second-order valence-electron chi connectivity index (χ2n) is 2.66. The summed E-state index contributed by atoms with van der Waals surface area (Å²) in [6, 6.07) is 1.31. The van der Waals surface area contributed by atoms with Crippen molar-refractivity contribution in [3.63, 3.8) is 0 Å². The lowest BCUT2D eigenvalue weighted by atomic mass is 10.5. The van der Waals surface area contributed by atoms with Crippen molar-refractivity contribution in [3.05, 3.63) is 24.3 Å². The summed E-state index contributed by atoms with van der Waals surface area (Å²) < 4.78 is 35.5. The fourth-order valence-electron chi connectivity index (χ4n) is 1.11. The predicted octanol–water partition coefficient (Wildman–Crippen LogP) is 2.11. The first-order valence-corrected chi connectivity index (χ1v) is 6.17. The molecule has 0 unspecified atom stereocenters. The van der Waals surface area contributed by atoms with Crippen LogP contribution < -0.4 is 5.30 Å². The van der Waals surface area contributed by atoms with Crippen LogP contribution in [0.5, 0.6) is 0 Å². The number of halogens is 1. The fourth-order valence-corrected chi connectivity index (χ4v) is 2.71. The van der Waals surface area contributed by atoms with Gasteiger partial charge in [0.15, 0.2) is 5.82 Å². The fraction of sp³-hybridized carbons (Fsp3) is 0.444. The molecule has 1 rings (SSSR count). The molecule has 15 heavy (non-hydrogen) atoms. The Morgan fingerprint density at radius 1 is 1.40 bits per heavy atom. The van der Waals surface area contributed by atoms with Crippen LogP contribution in [0.15, 0.2) is 18.5 Å². The van der Waals surface area contributed by atoms with Gasteiger partial charge in [0, 0.05) is 6.20 Å². The molecule has 0 aliphatic rings. The maximum absolute atomic E-state index is 13.3. The summed E-state index contributed by atoms with van der Waals surface area (Å²) in [5.41, 5.74) is 0. The monoisotopic (exact) mass is 233 g/mol. The van der Waals surface area contributed by atoms with Crippen molar-refractivity contribution in [2.75, 3.05) is 13.2 Å². The van der Waals surface area contributed by atoms with Crippen LogP contribution in [-0.2, 0) is 13.6 Å². The Bertz CT molecular complexity index is 362. The van der Waals surface area contributed by atoms with E-state index in [2.05, 4.69) is 4.98 Å². The Morgan fingerprint density at radius 3 is 2.47 bits per heavy atom. The highest BCUT2D eigenvalue weighted by Crippen LogP contribution is 2.47. The highest BCUT2D eigenvalue weighted by Gasteiger charge is 2.29. The van der Waals surface area contributed by atoms with Crippen LogP contribution in [0, 0.1) is 5.82 Å². The zero-order valence-corrected chi connectivity index (χ0v) is 9.54. The van der Waals surface area contributed by atoms with Crippen LogP contribution in [0.3, 0.4) is 0 Å². The third-order valence-electron chi connectivity index (χ3n) is 1.64. The molecular weight excluding hydrogens is 220 g/mol. The summed E-state index contributed by atoms with van der Waals surface area (Å²) in [6.07, 6.45) is 2.34. The van der Waals surface area contributed by atoms with Crippen molar-refractivity contribution in [2.45, 2.75) is 13.8 Å². The van der Waals surface area contributed by atoms with Gasteiger partial charge in [0.25, 0.3) is 0 Å². The Balaban J connectivity index is 3.09. The van der Waals surface area contributed by atoms with Crippen molar-refractivity contribution in [3.8, 4) is 0 Å². The lowest BCUT2D eigenvalue weighted by Gasteiger charge is -2.16. The molecule has 0 saturated heterocycles. The van der Waals surface area contributed by atoms with E-state index < -0.39 is 13.4 Å². The highest BCUT2D eigenvalue weighted by molar-refractivity contribution is 7.62. The van der Waals surface area contributed by atoms with E-state index in [1.54, 1.807) is 13.8 Å². The van der Waals surface area contributed by atoms with Crippen molar-refractivity contribution in [2.24, 2.45) is 0 Å². The van der Waals surface area contributed by atoms with E-state index in [-0.39, 0.29) is 18.5 Å². The predicted molar refractivity (Wildman–Crippen MR) is 54.7 cm³/mol. The lowest BCUT2D eigenvalue weighted by molar-refractivity contribution is 0.229. The Kier molecular flexibility index (Phi) is 4.39. The minimum absolute atomic E-state index is 0.0683. The number of rotatable bonds is 5. The van der Waals surface area contributed by atoms with Crippen LogP contribution in [0.25, 0.3) is 0 Å². The average Bonchev–Trinajstić information content (AvgIpc) is 2.19. The van der Waals surface area contributed by atoms with Crippen LogP contribution in [-0.4, -0.2) is 18.2 Å². The van der Waals surface area contributed by atoms with Crippen LogP contribution in [0.1, 0.15) is 13.8 Å². The molecule has 0 atom stereocenters. The first kappa shape index (κ1) is 12.3. The maximum atomic E-state index is 13.3. The molecule has 0 N–H and O–H groups in total. The van der Waals surface area contributed by atoms with E-state index in [1.165, 1.54) is 12.3 Å². The topological polar surface area (TPSA) is 48.4 Å². The maximum Gasteiger partial charge on any atom is 0.364 e. The van der Waals surface area contributed by atoms with Gasteiger partial charge in [-0.1, -0.05) is 0 Å². The van der Waals surface area contributed by atoms with Crippen molar-refractivity contribution < 1.29 is 18.0 Å². The number of pyridine rings is 1. The van der Waals surface area contributed by atoms with Gasteiger partial charge < -0.3 is 9.05 Å². The number of nitrogens with zero attached hydrogens (tertiary/aromatic N) is 1. The normalized spacial score (nSPS) is 11.7. The first-order valence-electron chi connectivity index (χ1n) is 4.63. The molecule has 1 aromatic heterocycles. The van der Waals surface area contributed by atoms with E-state index in [4.69, 9.17) is 9.05 Å². The van der Waals surface area contributed by atoms with Gasteiger partial charge in [-0.3, -0.25) is 9.55 Å². The van der Waals surface area contributed by atoms with E-state index in [9.17, 15) is 8.96 Å². The molecule has 0 spiro atoms. The lowest BCUT2D eigenvalue weighted by Crippen LogP contribution is -2.14. The minimum atomic E-state index is -3.52.